The van der Waals surface area contributed by atoms with Crippen molar-refractivity contribution in [3.05, 3.63) is 94.3 Å². The summed E-state index contributed by atoms with van der Waals surface area (Å²) in [7, 11) is 3.28. The van der Waals surface area contributed by atoms with Gasteiger partial charge >= 0.3 is 0 Å². The highest BCUT2D eigenvalue weighted by Crippen LogP contribution is 2.68. The second kappa shape index (κ2) is 7.55. The van der Waals surface area contributed by atoms with Crippen molar-refractivity contribution in [3.63, 3.8) is 0 Å². The van der Waals surface area contributed by atoms with Gasteiger partial charge in [-0.25, -0.2) is 0 Å². The second-order valence-corrected chi connectivity index (χ2v) is 9.50. The third-order valence-electron chi connectivity index (χ3n) is 6.95. The van der Waals surface area contributed by atoms with Gasteiger partial charge in [0.05, 0.1) is 10.9 Å². The van der Waals surface area contributed by atoms with Crippen molar-refractivity contribution < 1.29 is 19.7 Å². The Bertz CT molecular complexity index is 1220. The molecule has 1 aromatic heterocycles. The number of pyridine rings is 1. The average molecular weight is 465 g/mol. The predicted molar refractivity (Wildman–Crippen MR) is 124 cm³/mol. The Labute approximate surface area is 197 Å². The standard InChI is InChI=1S/C26H25ClN2O4/c1-15-9-11-17(12-10-15)26-21(16-7-5-4-6-8-16)20(24(31)29(2)3)23(30)25(26,32)22-19(33-26)13-18(27)14-28-22/h4-14,20-21,23,30,32H,1-3H3/t20-,21+,23+,25-,26-/m0/s1. The smallest absolute Gasteiger partial charge is 0.228 e. The molecule has 33 heavy (non-hydrogen) atoms. The van der Waals surface area contributed by atoms with Crippen molar-refractivity contribution in [1.29, 1.82) is 0 Å². The lowest BCUT2D eigenvalue weighted by molar-refractivity contribution is -0.157. The van der Waals surface area contributed by atoms with Crippen LogP contribution in [0.15, 0.2) is 66.9 Å². The fourth-order valence-electron chi connectivity index (χ4n) is 5.51. The van der Waals surface area contributed by atoms with Crippen molar-refractivity contribution in [2.45, 2.75) is 30.1 Å². The van der Waals surface area contributed by atoms with E-state index in [0.717, 1.165) is 11.1 Å². The van der Waals surface area contributed by atoms with Crippen LogP contribution in [0.3, 0.4) is 0 Å². The number of carbonyl (C=O) groups excluding carboxylic acids is 1. The molecule has 1 aliphatic carbocycles. The molecule has 170 valence electrons. The molecule has 7 heteroatoms. The molecule has 2 N–H and O–H groups in total. The van der Waals surface area contributed by atoms with Gasteiger partial charge in [-0.2, -0.15) is 0 Å². The first kappa shape index (κ1) is 21.9. The maximum absolute atomic E-state index is 13.5. The summed E-state index contributed by atoms with van der Waals surface area (Å²) in [5.74, 6) is -1.69. The van der Waals surface area contributed by atoms with Crippen LogP contribution in [0.4, 0.5) is 0 Å². The number of ether oxygens (including phenoxy) is 1. The lowest BCUT2D eigenvalue weighted by Gasteiger charge is -2.40. The highest BCUT2D eigenvalue weighted by molar-refractivity contribution is 6.30. The van der Waals surface area contributed by atoms with Gasteiger partial charge < -0.3 is 19.8 Å². The number of hydrogen-bond acceptors (Lipinski definition) is 5. The fourth-order valence-corrected chi connectivity index (χ4v) is 5.65. The minimum Gasteiger partial charge on any atom is -0.476 e. The first-order valence-electron chi connectivity index (χ1n) is 10.8. The van der Waals surface area contributed by atoms with Crippen LogP contribution in [0.5, 0.6) is 5.75 Å². The molecule has 2 heterocycles. The highest BCUT2D eigenvalue weighted by Gasteiger charge is 2.78. The Morgan fingerprint density at radius 3 is 2.42 bits per heavy atom. The Morgan fingerprint density at radius 2 is 1.79 bits per heavy atom. The predicted octanol–water partition coefficient (Wildman–Crippen LogP) is 3.38. The summed E-state index contributed by atoms with van der Waals surface area (Å²) in [6.07, 6.45) is -0.0630. The van der Waals surface area contributed by atoms with Crippen LogP contribution < -0.4 is 4.74 Å². The molecule has 0 saturated heterocycles. The molecule has 1 fully saturated rings. The number of nitrogens with zero attached hydrogens (tertiary/aromatic N) is 2. The minimum atomic E-state index is -1.99. The zero-order valence-electron chi connectivity index (χ0n) is 18.6. The molecule has 1 saturated carbocycles. The molecular weight excluding hydrogens is 440 g/mol. The Morgan fingerprint density at radius 1 is 1.12 bits per heavy atom. The number of benzene rings is 2. The normalized spacial score (nSPS) is 29.8. The van der Waals surface area contributed by atoms with Crippen LogP contribution >= 0.6 is 11.6 Å². The summed E-state index contributed by atoms with van der Waals surface area (Å²) in [6.45, 7) is 1.97. The van der Waals surface area contributed by atoms with Gasteiger partial charge in [0, 0.05) is 32.3 Å². The van der Waals surface area contributed by atoms with Crippen molar-refractivity contribution in [1.82, 2.24) is 9.88 Å². The summed E-state index contributed by atoms with van der Waals surface area (Å²) in [4.78, 5) is 19.3. The van der Waals surface area contributed by atoms with Crippen LogP contribution in [-0.4, -0.2) is 46.2 Å². The third kappa shape index (κ3) is 2.88. The summed E-state index contributed by atoms with van der Waals surface area (Å²) in [5, 5.41) is 24.5. The van der Waals surface area contributed by atoms with Gasteiger partial charge in [0.2, 0.25) is 5.91 Å². The number of carbonyl (C=O) groups is 1. The number of rotatable bonds is 3. The van der Waals surface area contributed by atoms with E-state index in [1.165, 1.54) is 11.1 Å². The number of aliphatic hydroxyl groups excluding tert-OH is 1. The second-order valence-electron chi connectivity index (χ2n) is 9.06. The summed E-state index contributed by atoms with van der Waals surface area (Å²) >= 11 is 6.20. The van der Waals surface area contributed by atoms with Crippen LogP contribution in [0.1, 0.15) is 28.3 Å². The van der Waals surface area contributed by atoms with Crippen molar-refractivity contribution in [2.75, 3.05) is 14.1 Å². The lowest BCUT2D eigenvalue weighted by Crippen LogP contribution is -2.52. The summed E-state index contributed by atoms with van der Waals surface area (Å²) in [5.41, 5.74) is -0.864. The van der Waals surface area contributed by atoms with E-state index < -0.39 is 29.1 Å². The van der Waals surface area contributed by atoms with Gasteiger partial charge in [-0.05, 0) is 18.1 Å². The maximum Gasteiger partial charge on any atom is 0.228 e. The number of aryl methyl sites for hydroxylation is 1. The molecule has 0 bridgehead atoms. The first-order chi connectivity index (χ1) is 15.7. The SMILES string of the molecule is Cc1ccc([C@@]23Oc4cc(Cl)cnc4[C@]2(O)[C@H](O)[C@@H](C(=O)N(C)C)[C@H]3c2ccccc2)cc1. The molecule has 0 spiro atoms. The van der Waals surface area contributed by atoms with E-state index in [9.17, 15) is 15.0 Å². The Balaban J connectivity index is 1.87. The number of aromatic nitrogens is 1. The Hall–Kier alpha value is -2.93. The highest BCUT2D eigenvalue weighted by atomic mass is 35.5. The summed E-state index contributed by atoms with van der Waals surface area (Å²) in [6, 6.07) is 18.6. The quantitative estimate of drug-likeness (QED) is 0.621. The van der Waals surface area contributed by atoms with E-state index in [1.54, 1.807) is 20.2 Å². The van der Waals surface area contributed by atoms with E-state index >= 15 is 0 Å². The van der Waals surface area contributed by atoms with Crippen LogP contribution in [0.2, 0.25) is 5.02 Å². The van der Waals surface area contributed by atoms with Crippen LogP contribution in [0, 0.1) is 12.8 Å². The third-order valence-corrected chi connectivity index (χ3v) is 7.15. The molecular formula is C26H25ClN2O4. The zero-order valence-corrected chi connectivity index (χ0v) is 19.3. The van der Waals surface area contributed by atoms with E-state index in [0.29, 0.717) is 16.3 Å². The number of aliphatic hydroxyl groups is 2. The topological polar surface area (TPSA) is 82.9 Å². The molecule has 2 aliphatic rings. The molecule has 3 aromatic rings. The average Bonchev–Trinajstić information content (AvgIpc) is 3.17. The number of fused-ring (bicyclic) bond motifs is 3. The van der Waals surface area contributed by atoms with E-state index in [4.69, 9.17) is 16.3 Å². The van der Waals surface area contributed by atoms with E-state index in [1.807, 2.05) is 61.5 Å². The Kier molecular flexibility index (Phi) is 5.01. The molecule has 1 amide bonds. The summed E-state index contributed by atoms with van der Waals surface area (Å²) < 4.78 is 6.60. The van der Waals surface area contributed by atoms with E-state index in [-0.39, 0.29) is 11.6 Å². The van der Waals surface area contributed by atoms with Gasteiger partial charge in [-0.1, -0.05) is 71.8 Å². The monoisotopic (exact) mass is 464 g/mol. The zero-order chi connectivity index (χ0) is 23.5. The van der Waals surface area contributed by atoms with Gasteiger partial charge in [0.15, 0.2) is 11.2 Å². The molecule has 5 atom stereocenters. The molecule has 5 rings (SSSR count). The first-order valence-corrected chi connectivity index (χ1v) is 11.2. The van der Waals surface area contributed by atoms with Crippen molar-refractivity contribution >= 4 is 17.5 Å². The van der Waals surface area contributed by atoms with Gasteiger partial charge in [0.25, 0.3) is 0 Å². The maximum atomic E-state index is 13.5. The van der Waals surface area contributed by atoms with Crippen LogP contribution in [0.25, 0.3) is 0 Å². The van der Waals surface area contributed by atoms with Crippen molar-refractivity contribution in [2.24, 2.45) is 5.92 Å². The minimum absolute atomic E-state index is 0.176. The van der Waals surface area contributed by atoms with Gasteiger partial charge in [-0.3, -0.25) is 9.78 Å². The molecule has 0 unspecified atom stereocenters. The number of halogens is 1. The van der Waals surface area contributed by atoms with Crippen LogP contribution in [-0.2, 0) is 16.0 Å². The molecule has 2 aromatic carbocycles. The molecule has 6 nitrogen and oxygen atoms in total. The van der Waals surface area contributed by atoms with Gasteiger partial charge in [0.1, 0.15) is 17.5 Å². The largest absolute Gasteiger partial charge is 0.476 e. The lowest BCUT2D eigenvalue weighted by atomic mass is 9.71. The molecule has 0 radical (unpaired) electrons. The number of amides is 1. The molecule has 1 aliphatic heterocycles. The number of hydrogen-bond donors (Lipinski definition) is 2. The van der Waals surface area contributed by atoms with Crippen molar-refractivity contribution in [3.8, 4) is 5.75 Å². The fraction of sp³-hybridized carbons (Fsp3) is 0.308. The van der Waals surface area contributed by atoms with Gasteiger partial charge in [-0.15, -0.1) is 0 Å². The van der Waals surface area contributed by atoms with E-state index in [2.05, 4.69) is 4.98 Å².